The molecule has 3 rings (SSSR count). The average molecular weight is 377 g/mol. The van der Waals surface area contributed by atoms with E-state index in [1.807, 2.05) is 0 Å². The number of benzene rings is 3. The second-order valence-corrected chi connectivity index (χ2v) is 7.91. The topological polar surface area (TPSA) is 92.2 Å². The van der Waals surface area contributed by atoms with E-state index in [1.54, 1.807) is 0 Å². The predicted molar refractivity (Wildman–Crippen MR) is 86.2 cm³/mol. The fourth-order valence-electron chi connectivity index (χ4n) is 2.20. The van der Waals surface area contributed by atoms with Crippen molar-refractivity contribution in [2.45, 2.75) is 21.6 Å². The van der Waals surface area contributed by atoms with E-state index in [2.05, 4.69) is 91.9 Å². The van der Waals surface area contributed by atoms with E-state index in [0.717, 1.165) is 0 Å². The smallest absolute Gasteiger partial charge is 0.166 e. The largest absolute Gasteiger partial charge is 0.222 e. The van der Waals surface area contributed by atoms with Crippen molar-refractivity contribution in [3.63, 3.8) is 0 Å². The molecule has 0 aliphatic rings. The molecule has 0 fully saturated rings. The molecule has 0 N–H and O–H groups in total. The first kappa shape index (κ1) is 19.5. The van der Waals surface area contributed by atoms with Gasteiger partial charge in [0.15, 0.2) is 14.7 Å². The van der Waals surface area contributed by atoms with Gasteiger partial charge < -0.3 is 0 Å². The zero-order chi connectivity index (χ0) is 18.3. The van der Waals surface area contributed by atoms with Crippen LogP contribution in [0.2, 0.25) is 0 Å². The molecule has 0 aliphatic carbocycles. The van der Waals surface area contributed by atoms with Gasteiger partial charge in [-0.2, -0.15) is 0 Å². The summed E-state index contributed by atoms with van der Waals surface area (Å²) in [7, 11) is -4.97. The van der Waals surface area contributed by atoms with Crippen LogP contribution in [-0.2, 0) is 10.9 Å². The average Bonchev–Trinajstić information content (AvgIpc) is 2.57. The Hall–Kier alpha value is -1.86. The fraction of sp³-hybridized carbons (Fsp3) is 0.0526. The summed E-state index contributed by atoms with van der Waals surface area (Å²) in [5.74, 6) is 0. The maximum Gasteiger partial charge on any atom is 0.166 e. The Morgan fingerprint density at radius 2 is 0.880 bits per heavy atom. The van der Waals surface area contributed by atoms with Gasteiger partial charge in [0, 0.05) is 0 Å². The van der Waals surface area contributed by atoms with Crippen LogP contribution in [0.15, 0.2) is 99.6 Å². The number of halogens is 1. The minimum absolute atomic E-state index is 0.0229. The van der Waals surface area contributed by atoms with Gasteiger partial charge in [-0.3, -0.25) is 0 Å². The lowest BCUT2D eigenvalue weighted by Gasteiger charge is -2.17. The molecule has 0 aliphatic heterocycles. The SMILES string of the molecule is Cc1ccc([S+](c2ccccc2)c2ccccc2)cc1.[O-][Cl+3]([O-])([O-])[O-]. The van der Waals surface area contributed by atoms with Gasteiger partial charge in [-0.25, -0.2) is 18.6 Å². The summed E-state index contributed by atoms with van der Waals surface area (Å²) in [6.07, 6.45) is 0. The Morgan fingerprint density at radius 3 is 1.24 bits per heavy atom. The summed E-state index contributed by atoms with van der Waals surface area (Å²) < 4.78 is 34.0. The van der Waals surface area contributed by atoms with E-state index in [-0.39, 0.29) is 10.9 Å². The number of hydrogen-bond acceptors (Lipinski definition) is 4. The van der Waals surface area contributed by atoms with Crippen molar-refractivity contribution in [2.24, 2.45) is 0 Å². The van der Waals surface area contributed by atoms with E-state index in [4.69, 9.17) is 18.6 Å². The quantitative estimate of drug-likeness (QED) is 0.616. The molecule has 0 atom stereocenters. The first-order valence-electron chi connectivity index (χ1n) is 7.37. The Labute approximate surface area is 152 Å². The van der Waals surface area contributed by atoms with E-state index in [0.29, 0.717) is 0 Å². The molecule has 0 radical (unpaired) electrons. The molecule has 130 valence electrons. The van der Waals surface area contributed by atoms with Crippen molar-refractivity contribution in [3.05, 3.63) is 90.5 Å². The van der Waals surface area contributed by atoms with Gasteiger partial charge >= 0.3 is 0 Å². The molecule has 0 amide bonds. The van der Waals surface area contributed by atoms with Gasteiger partial charge in [0.25, 0.3) is 0 Å². The lowest BCUT2D eigenvalue weighted by molar-refractivity contribution is -2.00. The highest BCUT2D eigenvalue weighted by Gasteiger charge is 2.27. The van der Waals surface area contributed by atoms with Crippen LogP contribution in [0.3, 0.4) is 0 Å². The molecule has 4 nitrogen and oxygen atoms in total. The highest BCUT2D eigenvalue weighted by atomic mass is 35.7. The molecular weight excluding hydrogens is 360 g/mol. The van der Waals surface area contributed by atoms with Crippen molar-refractivity contribution in [1.29, 1.82) is 0 Å². The third kappa shape index (κ3) is 6.88. The first-order valence-corrected chi connectivity index (χ1v) is 9.83. The molecule has 0 heterocycles. The second-order valence-electron chi connectivity index (χ2n) is 5.12. The molecule has 3 aromatic rings. The van der Waals surface area contributed by atoms with E-state index in [9.17, 15) is 0 Å². The van der Waals surface area contributed by atoms with Crippen molar-refractivity contribution in [1.82, 2.24) is 0 Å². The predicted octanol–water partition coefficient (Wildman–Crippen LogP) is 0.334. The van der Waals surface area contributed by atoms with Crippen LogP contribution in [0.25, 0.3) is 0 Å². The fourth-order valence-corrected chi connectivity index (χ4v) is 4.28. The molecular formula is C19H17ClO4S. The van der Waals surface area contributed by atoms with Gasteiger partial charge in [0.2, 0.25) is 0 Å². The molecule has 0 unspecified atom stereocenters. The van der Waals surface area contributed by atoms with Gasteiger partial charge in [-0.05, 0) is 43.3 Å². The maximum absolute atomic E-state index is 8.49. The maximum atomic E-state index is 8.49. The Balaban J connectivity index is 0.000000399. The summed E-state index contributed by atoms with van der Waals surface area (Å²) >= 11 is 0. The zero-order valence-corrected chi connectivity index (χ0v) is 15.1. The van der Waals surface area contributed by atoms with Crippen molar-refractivity contribution in [2.75, 3.05) is 0 Å². The van der Waals surface area contributed by atoms with Gasteiger partial charge in [0.05, 0.1) is 10.9 Å². The van der Waals surface area contributed by atoms with E-state index < -0.39 is 10.2 Å². The van der Waals surface area contributed by atoms with Crippen LogP contribution in [0.4, 0.5) is 0 Å². The molecule has 25 heavy (non-hydrogen) atoms. The number of hydrogen-bond donors (Lipinski definition) is 0. The highest BCUT2D eigenvalue weighted by molar-refractivity contribution is 7.97. The molecule has 0 aromatic heterocycles. The van der Waals surface area contributed by atoms with Gasteiger partial charge in [-0.1, -0.05) is 54.1 Å². The molecule has 0 saturated heterocycles. The molecule has 0 saturated carbocycles. The normalized spacial score (nSPS) is 11.0. The van der Waals surface area contributed by atoms with Crippen LogP contribution in [0, 0.1) is 17.2 Å². The Kier molecular flexibility index (Phi) is 7.01. The lowest BCUT2D eigenvalue weighted by atomic mass is 10.2. The molecule has 3 aromatic carbocycles. The van der Waals surface area contributed by atoms with Gasteiger partial charge in [0.1, 0.15) is 0 Å². The molecule has 6 heteroatoms. The standard InChI is InChI=1S/C19H17S.ClHO4/c1-16-12-14-19(15-13-16)20(17-8-4-2-5-9-17)18-10-6-3-7-11-18;2-1(3,4)5/h2-15H,1H3;(H,2,3,4,5)/q+1;/p-1. The van der Waals surface area contributed by atoms with Crippen LogP contribution >= 0.6 is 0 Å². The first-order chi connectivity index (χ1) is 11.8. The van der Waals surface area contributed by atoms with Gasteiger partial charge in [-0.15, -0.1) is 10.2 Å². The second kappa shape index (κ2) is 9.01. The van der Waals surface area contributed by atoms with Crippen LogP contribution in [-0.4, -0.2) is 0 Å². The molecule has 0 bridgehead atoms. The Bertz CT molecular complexity index is 713. The summed E-state index contributed by atoms with van der Waals surface area (Å²) in [6.45, 7) is 2.13. The molecule has 0 spiro atoms. The lowest BCUT2D eigenvalue weighted by Crippen LogP contribution is -2.68. The summed E-state index contributed by atoms with van der Waals surface area (Å²) in [5.41, 5.74) is 1.30. The monoisotopic (exact) mass is 376 g/mol. The summed E-state index contributed by atoms with van der Waals surface area (Å²) in [6, 6.07) is 30.4. The summed E-state index contributed by atoms with van der Waals surface area (Å²) in [4.78, 5) is 4.10. The van der Waals surface area contributed by atoms with Crippen molar-refractivity contribution >= 4 is 10.9 Å². The minimum Gasteiger partial charge on any atom is -0.222 e. The highest BCUT2D eigenvalue weighted by Crippen LogP contribution is 2.30. The number of aryl methyl sites for hydroxylation is 1. The van der Waals surface area contributed by atoms with Crippen LogP contribution in [0.5, 0.6) is 0 Å². The zero-order valence-electron chi connectivity index (χ0n) is 13.5. The van der Waals surface area contributed by atoms with Crippen LogP contribution < -0.4 is 18.6 Å². The minimum atomic E-state index is -4.94. The van der Waals surface area contributed by atoms with Crippen molar-refractivity contribution < 1.29 is 28.9 Å². The number of rotatable bonds is 3. The third-order valence-electron chi connectivity index (χ3n) is 3.21. The van der Waals surface area contributed by atoms with Crippen molar-refractivity contribution in [3.8, 4) is 0 Å². The van der Waals surface area contributed by atoms with Crippen LogP contribution in [0.1, 0.15) is 5.56 Å². The summed E-state index contributed by atoms with van der Waals surface area (Å²) in [5, 5.41) is 0. The van der Waals surface area contributed by atoms with E-state index in [1.165, 1.54) is 20.2 Å². The third-order valence-corrected chi connectivity index (χ3v) is 5.45. The van der Waals surface area contributed by atoms with E-state index >= 15 is 0 Å². The Morgan fingerprint density at radius 1 is 0.560 bits per heavy atom.